The van der Waals surface area contributed by atoms with Gasteiger partial charge in [-0.1, -0.05) is 6.42 Å². The lowest BCUT2D eigenvalue weighted by Gasteiger charge is -2.26. The lowest BCUT2D eigenvalue weighted by molar-refractivity contribution is -0.125. The highest BCUT2D eigenvalue weighted by molar-refractivity contribution is 7.88. The van der Waals surface area contributed by atoms with Gasteiger partial charge in [-0.15, -0.1) is 0 Å². The number of hydrogen-bond acceptors (Lipinski definition) is 4. The molecule has 1 fully saturated rings. The summed E-state index contributed by atoms with van der Waals surface area (Å²) in [6.07, 6.45) is 3.77. The first-order valence-electron chi connectivity index (χ1n) is 6.13. The zero-order valence-electron chi connectivity index (χ0n) is 11.2. The Kier molecular flexibility index (Phi) is 4.74. The van der Waals surface area contributed by atoms with E-state index < -0.39 is 15.6 Å². The molecule has 0 aromatic rings. The van der Waals surface area contributed by atoms with Gasteiger partial charge in [0.1, 0.15) is 0 Å². The molecule has 0 heterocycles. The average Bonchev–Trinajstić information content (AvgIpc) is 2.57. The normalized spacial score (nSPS) is 25.1. The Morgan fingerprint density at radius 2 is 2.00 bits per heavy atom. The minimum atomic E-state index is -3.29. The maximum Gasteiger partial charge on any atom is 0.224 e. The number of carbonyl (C=O) groups is 1. The predicted molar refractivity (Wildman–Crippen MR) is 70.4 cm³/mol. The molecular weight excluding hydrogens is 254 g/mol. The van der Waals surface area contributed by atoms with E-state index in [0.29, 0.717) is 0 Å². The van der Waals surface area contributed by atoms with E-state index in [9.17, 15) is 13.2 Å². The van der Waals surface area contributed by atoms with Crippen molar-refractivity contribution < 1.29 is 13.2 Å². The number of nitrogens with one attached hydrogen (secondary N) is 2. The predicted octanol–water partition coefficient (Wildman–Crippen LogP) is -0.442. The molecule has 0 saturated heterocycles. The van der Waals surface area contributed by atoms with Crippen LogP contribution in [0.1, 0.15) is 33.1 Å². The fourth-order valence-electron chi connectivity index (χ4n) is 2.29. The molecule has 0 aromatic carbocycles. The molecule has 1 amide bonds. The van der Waals surface area contributed by atoms with E-state index >= 15 is 0 Å². The van der Waals surface area contributed by atoms with E-state index in [1.165, 1.54) is 0 Å². The van der Waals surface area contributed by atoms with Gasteiger partial charge in [-0.3, -0.25) is 4.79 Å². The molecule has 1 rings (SSSR count). The zero-order valence-corrected chi connectivity index (χ0v) is 12.0. The second kappa shape index (κ2) is 5.54. The van der Waals surface area contributed by atoms with Crippen LogP contribution >= 0.6 is 0 Å². The molecule has 1 aliphatic carbocycles. The van der Waals surface area contributed by atoms with Crippen molar-refractivity contribution >= 4 is 15.9 Å². The summed E-state index contributed by atoms with van der Waals surface area (Å²) in [5, 5.41) is 2.77. The number of carbonyl (C=O) groups excluding carboxylic acids is 1. The summed E-state index contributed by atoms with van der Waals surface area (Å²) < 4.78 is 24.8. The van der Waals surface area contributed by atoms with E-state index in [2.05, 4.69) is 10.0 Å². The van der Waals surface area contributed by atoms with Crippen molar-refractivity contribution in [2.24, 2.45) is 11.7 Å². The van der Waals surface area contributed by atoms with Crippen molar-refractivity contribution in [3.8, 4) is 0 Å². The van der Waals surface area contributed by atoms with Gasteiger partial charge in [-0.2, -0.15) is 0 Å². The van der Waals surface area contributed by atoms with E-state index in [4.69, 9.17) is 5.73 Å². The number of rotatable bonds is 5. The first-order chi connectivity index (χ1) is 8.11. The van der Waals surface area contributed by atoms with Gasteiger partial charge in [0.05, 0.1) is 12.2 Å². The lowest BCUT2D eigenvalue weighted by Crippen LogP contribution is -2.52. The summed E-state index contributed by atoms with van der Waals surface area (Å²) in [4.78, 5) is 11.9. The Morgan fingerprint density at radius 1 is 1.39 bits per heavy atom. The van der Waals surface area contributed by atoms with Crippen LogP contribution in [0.3, 0.4) is 0 Å². The topological polar surface area (TPSA) is 101 Å². The Bertz CT molecular complexity index is 406. The number of nitrogens with two attached hydrogens (primary N) is 1. The average molecular weight is 277 g/mol. The summed E-state index contributed by atoms with van der Waals surface area (Å²) >= 11 is 0. The monoisotopic (exact) mass is 277 g/mol. The van der Waals surface area contributed by atoms with Crippen molar-refractivity contribution in [2.45, 2.75) is 44.7 Å². The standard InChI is InChI=1S/C11H23N3O3S/c1-11(2,14-18(3,16)17)7-13-10(15)8-5-4-6-9(8)12/h8-9,14H,4-7,12H2,1-3H3,(H,13,15). The smallest absolute Gasteiger partial charge is 0.224 e. The van der Waals surface area contributed by atoms with Crippen LogP contribution in [0.2, 0.25) is 0 Å². The Hall–Kier alpha value is -0.660. The molecule has 7 heteroatoms. The van der Waals surface area contributed by atoms with Crippen molar-refractivity contribution in [1.29, 1.82) is 0 Å². The zero-order chi connectivity index (χ0) is 14.0. The van der Waals surface area contributed by atoms with Gasteiger partial charge in [0.25, 0.3) is 0 Å². The third-order valence-corrected chi connectivity index (χ3v) is 4.00. The van der Waals surface area contributed by atoms with Crippen LogP contribution in [-0.4, -0.2) is 38.7 Å². The minimum Gasteiger partial charge on any atom is -0.354 e. The number of hydrogen-bond donors (Lipinski definition) is 3. The highest BCUT2D eigenvalue weighted by atomic mass is 32.2. The van der Waals surface area contributed by atoms with Gasteiger partial charge in [-0.05, 0) is 26.7 Å². The van der Waals surface area contributed by atoms with Gasteiger partial charge < -0.3 is 11.1 Å². The molecule has 2 atom stereocenters. The fraction of sp³-hybridized carbons (Fsp3) is 0.909. The molecule has 6 nitrogen and oxygen atoms in total. The molecule has 2 unspecified atom stereocenters. The third-order valence-electron chi connectivity index (χ3n) is 3.07. The highest BCUT2D eigenvalue weighted by Crippen LogP contribution is 2.23. The van der Waals surface area contributed by atoms with Crippen molar-refractivity contribution in [3.05, 3.63) is 0 Å². The van der Waals surface area contributed by atoms with Gasteiger partial charge in [0.15, 0.2) is 0 Å². The molecular formula is C11H23N3O3S. The summed E-state index contributed by atoms with van der Waals surface area (Å²) in [7, 11) is -3.29. The second-order valence-corrected chi connectivity index (χ2v) is 7.43. The van der Waals surface area contributed by atoms with Crippen molar-refractivity contribution in [1.82, 2.24) is 10.0 Å². The Morgan fingerprint density at radius 3 is 2.44 bits per heavy atom. The summed E-state index contributed by atoms with van der Waals surface area (Å²) in [6, 6.07) is -0.0732. The SMILES string of the molecule is CC(C)(CNC(=O)C1CCCC1N)NS(C)(=O)=O. The molecule has 0 aromatic heterocycles. The van der Waals surface area contributed by atoms with Crippen LogP contribution in [0.15, 0.2) is 0 Å². The van der Waals surface area contributed by atoms with Crippen molar-refractivity contribution in [3.63, 3.8) is 0 Å². The molecule has 0 aliphatic heterocycles. The van der Waals surface area contributed by atoms with Gasteiger partial charge in [0, 0.05) is 18.1 Å². The van der Waals surface area contributed by atoms with E-state index in [-0.39, 0.29) is 24.4 Å². The highest BCUT2D eigenvalue weighted by Gasteiger charge is 2.31. The Balaban J connectivity index is 2.47. The maximum absolute atomic E-state index is 11.9. The first-order valence-corrected chi connectivity index (χ1v) is 8.02. The van der Waals surface area contributed by atoms with E-state index in [0.717, 1.165) is 25.5 Å². The van der Waals surface area contributed by atoms with Gasteiger partial charge in [0.2, 0.25) is 15.9 Å². The molecule has 1 aliphatic rings. The van der Waals surface area contributed by atoms with Gasteiger partial charge >= 0.3 is 0 Å². The fourth-order valence-corrected chi connectivity index (χ4v) is 3.37. The number of amides is 1. The molecule has 4 N–H and O–H groups in total. The van der Waals surface area contributed by atoms with Crippen LogP contribution in [-0.2, 0) is 14.8 Å². The van der Waals surface area contributed by atoms with Crippen LogP contribution in [0.4, 0.5) is 0 Å². The molecule has 18 heavy (non-hydrogen) atoms. The summed E-state index contributed by atoms with van der Waals surface area (Å²) in [6.45, 7) is 3.70. The Labute approximate surface area is 109 Å². The molecule has 1 saturated carbocycles. The third kappa shape index (κ3) is 4.91. The maximum atomic E-state index is 11.9. The summed E-state index contributed by atoms with van der Waals surface area (Å²) in [5.74, 6) is -0.220. The largest absolute Gasteiger partial charge is 0.354 e. The quantitative estimate of drug-likeness (QED) is 0.634. The van der Waals surface area contributed by atoms with Crippen LogP contribution in [0, 0.1) is 5.92 Å². The van der Waals surface area contributed by atoms with E-state index in [1.54, 1.807) is 13.8 Å². The minimum absolute atomic E-state index is 0.0732. The number of sulfonamides is 1. The summed E-state index contributed by atoms with van der Waals surface area (Å²) in [5.41, 5.74) is 5.15. The van der Waals surface area contributed by atoms with Crippen LogP contribution in [0.5, 0.6) is 0 Å². The lowest BCUT2D eigenvalue weighted by atomic mass is 10.0. The first kappa shape index (κ1) is 15.4. The van der Waals surface area contributed by atoms with Crippen LogP contribution < -0.4 is 15.8 Å². The van der Waals surface area contributed by atoms with Gasteiger partial charge in [-0.25, -0.2) is 13.1 Å². The molecule has 0 bridgehead atoms. The molecule has 0 radical (unpaired) electrons. The molecule has 106 valence electrons. The second-order valence-electron chi connectivity index (χ2n) is 5.68. The van der Waals surface area contributed by atoms with Crippen molar-refractivity contribution in [2.75, 3.05) is 12.8 Å². The molecule has 0 spiro atoms. The van der Waals surface area contributed by atoms with E-state index in [1.807, 2.05) is 0 Å². The van der Waals surface area contributed by atoms with Crippen LogP contribution in [0.25, 0.3) is 0 Å².